The van der Waals surface area contributed by atoms with Crippen LogP contribution in [0.4, 0.5) is 5.69 Å². The Morgan fingerprint density at radius 1 is 1.11 bits per heavy atom. The summed E-state index contributed by atoms with van der Waals surface area (Å²) in [6.07, 6.45) is 0. The fourth-order valence-electron chi connectivity index (χ4n) is 2.26. The molecule has 0 aromatic heterocycles. The molecule has 0 bridgehead atoms. The molecule has 1 rings (SSSR count). The van der Waals surface area contributed by atoms with E-state index in [0.717, 1.165) is 18.8 Å². The van der Waals surface area contributed by atoms with Crippen LogP contribution in [0.3, 0.4) is 0 Å². The molecule has 1 aromatic rings. The topological polar surface area (TPSA) is 33.3 Å². The van der Waals surface area contributed by atoms with Gasteiger partial charge in [0.25, 0.3) is 0 Å². The van der Waals surface area contributed by atoms with Crippen LogP contribution in [0.1, 0.15) is 25.0 Å². The largest absolute Gasteiger partial charge is 0.496 e. The molecular formula is C16H28N2O. The van der Waals surface area contributed by atoms with Crippen LogP contribution in [0, 0.1) is 25.7 Å². The van der Waals surface area contributed by atoms with Crippen molar-refractivity contribution in [2.24, 2.45) is 11.8 Å². The SMILES string of the molecule is CNCC(CNc1ccc(OC)c(C)c1C)C(C)C. The van der Waals surface area contributed by atoms with Crippen LogP contribution < -0.4 is 15.4 Å². The van der Waals surface area contributed by atoms with Gasteiger partial charge in [-0.15, -0.1) is 0 Å². The van der Waals surface area contributed by atoms with Gasteiger partial charge in [0.15, 0.2) is 0 Å². The summed E-state index contributed by atoms with van der Waals surface area (Å²) < 4.78 is 5.35. The Labute approximate surface area is 117 Å². The van der Waals surface area contributed by atoms with Crippen LogP contribution in [-0.4, -0.2) is 27.2 Å². The smallest absolute Gasteiger partial charge is 0.122 e. The Morgan fingerprint density at radius 3 is 2.32 bits per heavy atom. The Bertz CT molecular complexity index is 402. The monoisotopic (exact) mass is 264 g/mol. The maximum Gasteiger partial charge on any atom is 0.122 e. The number of anilines is 1. The predicted octanol–water partition coefficient (Wildman–Crippen LogP) is 3.22. The van der Waals surface area contributed by atoms with Crippen molar-refractivity contribution >= 4 is 5.69 Å². The van der Waals surface area contributed by atoms with E-state index in [1.807, 2.05) is 13.1 Å². The van der Waals surface area contributed by atoms with E-state index in [2.05, 4.69) is 44.4 Å². The van der Waals surface area contributed by atoms with E-state index in [9.17, 15) is 0 Å². The van der Waals surface area contributed by atoms with Crippen LogP contribution in [0.15, 0.2) is 12.1 Å². The van der Waals surface area contributed by atoms with E-state index < -0.39 is 0 Å². The summed E-state index contributed by atoms with van der Waals surface area (Å²) in [6, 6.07) is 4.14. The van der Waals surface area contributed by atoms with Crippen molar-refractivity contribution in [2.75, 3.05) is 32.6 Å². The summed E-state index contributed by atoms with van der Waals surface area (Å²) in [5, 5.41) is 6.85. The van der Waals surface area contributed by atoms with E-state index in [-0.39, 0.29) is 0 Å². The lowest BCUT2D eigenvalue weighted by atomic mass is 9.95. The summed E-state index contributed by atoms with van der Waals surface area (Å²) >= 11 is 0. The van der Waals surface area contributed by atoms with E-state index in [1.165, 1.54) is 16.8 Å². The molecule has 0 amide bonds. The van der Waals surface area contributed by atoms with Crippen molar-refractivity contribution in [2.45, 2.75) is 27.7 Å². The summed E-state index contributed by atoms with van der Waals surface area (Å²) in [5.41, 5.74) is 3.69. The van der Waals surface area contributed by atoms with Crippen molar-refractivity contribution in [1.82, 2.24) is 5.32 Å². The van der Waals surface area contributed by atoms with Crippen molar-refractivity contribution in [3.8, 4) is 5.75 Å². The molecule has 0 spiro atoms. The highest BCUT2D eigenvalue weighted by Gasteiger charge is 2.13. The molecule has 0 saturated heterocycles. The second-order valence-electron chi connectivity index (χ2n) is 5.51. The first-order valence-corrected chi connectivity index (χ1v) is 7.03. The lowest BCUT2D eigenvalue weighted by Crippen LogP contribution is -2.29. The Kier molecular flexibility index (Phi) is 6.16. The highest BCUT2D eigenvalue weighted by Crippen LogP contribution is 2.27. The van der Waals surface area contributed by atoms with Crippen LogP contribution in [0.25, 0.3) is 0 Å². The minimum atomic E-state index is 0.631. The summed E-state index contributed by atoms with van der Waals surface area (Å²) in [6.45, 7) is 10.8. The molecule has 1 unspecified atom stereocenters. The molecule has 1 atom stereocenters. The van der Waals surface area contributed by atoms with Crippen molar-refractivity contribution in [3.63, 3.8) is 0 Å². The van der Waals surface area contributed by atoms with E-state index >= 15 is 0 Å². The van der Waals surface area contributed by atoms with Gasteiger partial charge in [0, 0.05) is 12.2 Å². The number of methoxy groups -OCH3 is 1. The summed E-state index contributed by atoms with van der Waals surface area (Å²) in [4.78, 5) is 0. The van der Waals surface area contributed by atoms with E-state index in [4.69, 9.17) is 4.74 Å². The zero-order valence-electron chi connectivity index (χ0n) is 13.1. The Morgan fingerprint density at radius 2 is 1.79 bits per heavy atom. The molecule has 19 heavy (non-hydrogen) atoms. The third kappa shape index (κ3) is 4.13. The highest BCUT2D eigenvalue weighted by atomic mass is 16.5. The molecule has 1 aromatic carbocycles. The number of nitrogens with one attached hydrogen (secondary N) is 2. The lowest BCUT2D eigenvalue weighted by molar-refractivity contribution is 0.390. The average molecular weight is 264 g/mol. The lowest BCUT2D eigenvalue weighted by Gasteiger charge is -2.23. The molecule has 0 fully saturated rings. The second-order valence-corrected chi connectivity index (χ2v) is 5.51. The Balaban J connectivity index is 2.74. The number of benzene rings is 1. The van der Waals surface area contributed by atoms with Crippen molar-refractivity contribution in [1.29, 1.82) is 0 Å². The minimum Gasteiger partial charge on any atom is -0.496 e. The zero-order valence-corrected chi connectivity index (χ0v) is 13.1. The van der Waals surface area contributed by atoms with Gasteiger partial charge in [0.05, 0.1) is 7.11 Å². The van der Waals surface area contributed by atoms with Crippen molar-refractivity contribution < 1.29 is 4.74 Å². The molecule has 2 N–H and O–H groups in total. The van der Waals surface area contributed by atoms with Crippen LogP contribution in [0.5, 0.6) is 5.75 Å². The van der Waals surface area contributed by atoms with Gasteiger partial charge in [0.2, 0.25) is 0 Å². The Hall–Kier alpha value is -1.22. The van der Waals surface area contributed by atoms with E-state index in [0.29, 0.717) is 11.8 Å². The number of ether oxygens (including phenoxy) is 1. The first kappa shape index (κ1) is 15.8. The molecule has 0 aliphatic carbocycles. The maximum atomic E-state index is 5.35. The first-order valence-electron chi connectivity index (χ1n) is 7.03. The van der Waals surface area contributed by atoms with Gasteiger partial charge in [-0.2, -0.15) is 0 Å². The molecule has 0 aliphatic heterocycles. The highest BCUT2D eigenvalue weighted by molar-refractivity contribution is 5.58. The molecule has 0 radical (unpaired) electrons. The second kappa shape index (κ2) is 7.39. The van der Waals surface area contributed by atoms with Gasteiger partial charge in [-0.1, -0.05) is 13.8 Å². The third-order valence-electron chi connectivity index (χ3n) is 3.92. The average Bonchev–Trinajstić information content (AvgIpc) is 2.38. The third-order valence-corrected chi connectivity index (χ3v) is 3.92. The van der Waals surface area contributed by atoms with Crippen molar-refractivity contribution in [3.05, 3.63) is 23.3 Å². The molecular weight excluding hydrogens is 236 g/mol. The van der Waals surface area contributed by atoms with Crippen LogP contribution in [-0.2, 0) is 0 Å². The fourth-order valence-corrected chi connectivity index (χ4v) is 2.26. The standard InChI is InChI=1S/C16H28N2O/c1-11(2)14(9-17-5)10-18-15-7-8-16(19-6)13(4)12(15)3/h7-8,11,14,17-18H,9-10H2,1-6H3. The molecule has 108 valence electrons. The van der Waals surface area contributed by atoms with Crippen LogP contribution in [0.2, 0.25) is 0 Å². The van der Waals surface area contributed by atoms with Gasteiger partial charge in [0.1, 0.15) is 5.75 Å². The molecule has 0 heterocycles. The van der Waals surface area contributed by atoms with Crippen LogP contribution >= 0.6 is 0 Å². The summed E-state index contributed by atoms with van der Waals surface area (Å²) in [7, 11) is 3.73. The summed E-state index contributed by atoms with van der Waals surface area (Å²) in [5.74, 6) is 2.25. The molecule has 3 nitrogen and oxygen atoms in total. The van der Waals surface area contributed by atoms with Gasteiger partial charge in [-0.25, -0.2) is 0 Å². The normalized spacial score (nSPS) is 12.6. The predicted molar refractivity (Wildman–Crippen MR) is 83.2 cm³/mol. The van der Waals surface area contributed by atoms with E-state index in [1.54, 1.807) is 7.11 Å². The molecule has 0 saturated carbocycles. The van der Waals surface area contributed by atoms with Gasteiger partial charge < -0.3 is 15.4 Å². The maximum absolute atomic E-state index is 5.35. The quantitative estimate of drug-likeness (QED) is 0.793. The van der Waals surface area contributed by atoms with Gasteiger partial charge in [-0.3, -0.25) is 0 Å². The minimum absolute atomic E-state index is 0.631. The zero-order chi connectivity index (χ0) is 14.4. The molecule has 0 aliphatic rings. The van der Waals surface area contributed by atoms with Gasteiger partial charge >= 0.3 is 0 Å². The molecule has 3 heteroatoms. The number of rotatable bonds is 7. The van der Waals surface area contributed by atoms with Gasteiger partial charge in [-0.05, 0) is 62.5 Å². The number of hydrogen-bond donors (Lipinski definition) is 2. The fraction of sp³-hybridized carbons (Fsp3) is 0.625. The number of hydrogen-bond acceptors (Lipinski definition) is 3. The first-order chi connectivity index (χ1) is 9.01.